The number of aromatic nitrogens is 1. The molecule has 0 amide bonds. The predicted octanol–water partition coefficient (Wildman–Crippen LogP) is 2.41. The summed E-state index contributed by atoms with van der Waals surface area (Å²) in [6.07, 6.45) is 1.95. The van der Waals surface area contributed by atoms with Crippen molar-refractivity contribution in [2.24, 2.45) is 5.92 Å². The van der Waals surface area contributed by atoms with Crippen molar-refractivity contribution < 1.29 is 23.4 Å². The summed E-state index contributed by atoms with van der Waals surface area (Å²) in [6.45, 7) is 0.273. The number of hydrogen-bond donors (Lipinski definition) is 1. The summed E-state index contributed by atoms with van der Waals surface area (Å²) in [5.41, 5.74) is 0.299. The Bertz CT molecular complexity index is 561. The zero-order valence-corrected chi connectivity index (χ0v) is 11.4. The molecule has 0 spiro atoms. The summed E-state index contributed by atoms with van der Waals surface area (Å²) in [5.74, 6) is -3.28. The van der Waals surface area contributed by atoms with E-state index in [1.807, 2.05) is 0 Å². The number of ether oxygens (including phenoxy) is 1. The Balaban J connectivity index is 1.84. The number of aromatic carboxylic acids is 1. The molecule has 2 heterocycles. The van der Waals surface area contributed by atoms with Crippen molar-refractivity contribution in [3.63, 3.8) is 0 Å². The third-order valence-electron chi connectivity index (χ3n) is 3.72. The van der Waals surface area contributed by atoms with Gasteiger partial charge in [0.15, 0.2) is 5.69 Å². The monoisotopic (exact) mass is 298 g/mol. The number of pyridine rings is 1. The lowest BCUT2D eigenvalue weighted by Crippen LogP contribution is -2.26. The van der Waals surface area contributed by atoms with Crippen LogP contribution in [0.5, 0.6) is 5.88 Å². The second-order valence-corrected chi connectivity index (χ2v) is 5.61. The van der Waals surface area contributed by atoms with E-state index in [0.29, 0.717) is 18.2 Å². The fraction of sp³-hybridized carbons (Fsp3) is 0.571. The van der Waals surface area contributed by atoms with E-state index in [0.717, 1.165) is 12.8 Å². The molecule has 1 aromatic heterocycles. The van der Waals surface area contributed by atoms with Gasteiger partial charge in [-0.05, 0) is 30.9 Å². The van der Waals surface area contributed by atoms with Gasteiger partial charge in [-0.15, -0.1) is 0 Å². The van der Waals surface area contributed by atoms with Gasteiger partial charge in [0.05, 0.1) is 13.2 Å². The van der Waals surface area contributed by atoms with Crippen molar-refractivity contribution in [2.75, 3.05) is 24.6 Å². The molecule has 0 bridgehead atoms. The summed E-state index contributed by atoms with van der Waals surface area (Å²) in [6, 6.07) is 2.82. The van der Waals surface area contributed by atoms with Crippen LogP contribution in [0.15, 0.2) is 12.1 Å². The smallest absolute Gasteiger partial charge is 0.354 e. The molecule has 1 aliphatic heterocycles. The minimum absolute atomic E-state index is 0.138. The van der Waals surface area contributed by atoms with E-state index in [4.69, 9.17) is 9.84 Å². The van der Waals surface area contributed by atoms with E-state index in [1.165, 1.54) is 17.0 Å². The molecule has 0 atom stereocenters. The molecule has 114 valence electrons. The third-order valence-corrected chi connectivity index (χ3v) is 3.72. The quantitative estimate of drug-likeness (QED) is 0.904. The number of hydrogen-bond acceptors (Lipinski definition) is 4. The fourth-order valence-corrected chi connectivity index (χ4v) is 2.32. The van der Waals surface area contributed by atoms with Gasteiger partial charge in [-0.1, -0.05) is 0 Å². The van der Waals surface area contributed by atoms with Crippen LogP contribution in [0.1, 0.15) is 29.8 Å². The van der Waals surface area contributed by atoms with E-state index in [1.54, 1.807) is 0 Å². The molecule has 2 fully saturated rings. The van der Waals surface area contributed by atoms with Crippen molar-refractivity contribution in [1.82, 2.24) is 4.98 Å². The standard InChI is InChI=1S/C14H16F2N2O3/c15-14(16)5-6-18(8-14)11-4-3-10(13(19)20)17-12(11)21-7-9-1-2-9/h3-4,9H,1-2,5-8H2,(H,19,20). The molecular formula is C14H16F2N2O3. The Morgan fingerprint density at radius 1 is 1.48 bits per heavy atom. The van der Waals surface area contributed by atoms with Crippen LogP contribution in [0.25, 0.3) is 0 Å². The number of anilines is 1. The molecule has 1 N–H and O–H groups in total. The predicted molar refractivity (Wildman–Crippen MR) is 71.2 cm³/mol. The first-order chi connectivity index (χ1) is 9.94. The van der Waals surface area contributed by atoms with Crippen molar-refractivity contribution in [3.8, 4) is 5.88 Å². The number of carbonyl (C=O) groups is 1. The summed E-state index contributed by atoms with van der Waals surface area (Å²) in [7, 11) is 0. The van der Waals surface area contributed by atoms with Crippen LogP contribution < -0.4 is 9.64 Å². The van der Waals surface area contributed by atoms with Gasteiger partial charge in [-0.2, -0.15) is 0 Å². The number of carboxylic acids is 1. The molecule has 0 unspecified atom stereocenters. The Morgan fingerprint density at radius 3 is 2.81 bits per heavy atom. The summed E-state index contributed by atoms with van der Waals surface area (Å²) < 4.78 is 32.3. The Kier molecular flexibility index (Phi) is 3.43. The van der Waals surface area contributed by atoms with E-state index in [-0.39, 0.29) is 31.1 Å². The third kappa shape index (κ3) is 3.22. The van der Waals surface area contributed by atoms with E-state index >= 15 is 0 Å². The average Bonchev–Trinajstić information content (AvgIpc) is 3.19. The second kappa shape index (κ2) is 5.13. The van der Waals surface area contributed by atoms with Crippen molar-refractivity contribution in [1.29, 1.82) is 0 Å². The minimum atomic E-state index is -2.72. The van der Waals surface area contributed by atoms with Crippen LogP contribution in [0.4, 0.5) is 14.5 Å². The number of carboxylic acid groups (broad SMARTS) is 1. The van der Waals surface area contributed by atoms with E-state index in [2.05, 4.69) is 4.98 Å². The molecular weight excluding hydrogens is 282 g/mol. The molecule has 0 radical (unpaired) electrons. The van der Waals surface area contributed by atoms with Gasteiger partial charge in [0.2, 0.25) is 5.88 Å². The summed E-state index contributed by atoms with van der Waals surface area (Å²) >= 11 is 0. The zero-order chi connectivity index (χ0) is 15.0. The highest BCUT2D eigenvalue weighted by Crippen LogP contribution is 2.36. The highest BCUT2D eigenvalue weighted by Gasteiger charge is 2.39. The molecule has 1 aliphatic carbocycles. The van der Waals surface area contributed by atoms with Crippen molar-refractivity contribution in [2.45, 2.75) is 25.2 Å². The first-order valence-electron chi connectivity index (χ1n) is 6.94. The fourth-order valence-electron chi connectivity index (χ4n) is 2.32. The Labute approximate surface area is 120 Å². The maximum atomic E-state index is 13.3. The van der Waals surface area contributed by atoms with Gasteiger partial charge < -0.3 is 14.7 Å². The number of nitrogens with zero attached hydrogens (tertiary/aromatic N) is 2. The van der Waals surface area contributed by atoms with E-state index < -0.39 is 11.9 Å². The molecule has 1 saturated heterocycles. The molecule has 21 heavy (non-hydrogen) atoms. The zero-order valence-electron chi connectivity index (χ0n) is 11.4. The molecule has 2 aliphatic rings. The number of rotatable bonds is 5. The first-order valence-corrected chi connectivity index (χ1v) is 6.94. The van der Waals surface area contributed by atoms with Gasteiger partial charge in [-0.3, -0.25) is 0 Å². The molecule has 1 aromatic rings. The van der Waals surface area contributed by atoms with Crippen LogP contribution in [-0.2, 0) is 0 Å². The van der Waals surface area contributed by atoms with Crippen molar-refractivity contribution in [3.05, 3.63) is 17.8 Å². The Hall–Kier alpha value is -1.92. The number of halogens is 2. The van der Waals surface area contributed by atoms with Crippen LogP contribution in [0.3, 0.4) is 0 Å². The largest absolute Gasteiger partial charge is 0.477 e. The van der Waals surface area contributed by atoms with Crippen LogP contribution >= 0.6 is 0 Å². The molecule has 1 saturated carbocycles. The molecule has 3 rings (SSSR count). The van der Waals surface area contributed by atoms with Gasteiger partial charge in [-0.25, -0.2) is 18.6 Å². The van der Waals surface area contributed by atoms with Crippen molar-refractivity contribution >= 4 is 11.7 Å². The topological polar surface area (TPSA) is 62.7 Å². The molecule has 7 heteroatoms. The lowest BCUT2D eigenvalue weighted by molar-refractivity contribution is 0.0256. The normalized spacial score (nSPS) is 20.6. The van der Waals surface area contributed by atoms with Gasteiger partial charge in [0.1, 0.15) is 5.69 Å². The maximum absolute atomic E-state index is 13.3. The summed E-state index contributed by atoms with van der Waals surface area (Å²) in [4.78, 5) is 16.4. The Morgan fingerprint density at radius 2 is 2.24 bits per heavy atom. The average molecular weight is 298 g/mol. The highest BCUT2D eigenvalue weighted by atomic mass is 19.3. The van der Waals surface area contributed by atoms with Crippen LogP contribution in [0, 0.1) is 5.92 Å². The minimum Gasteiger partial charge on any atom is -0.477 e. The van der Waals surface area contributed by atoms with Gasteiger partial charge in [0.25, 0.3) is 5.92 Å². The maximum Gasteiger partial charge on any atom is 0.354 e. The summed E-state index contributed by atoms with van der Waals surface area (Å²) in [5, 5.41) is 8.99. The van der Waals surface area contributed by atoms with E-state index in [9.17, 15) is 13.6 Å². The lowest BCUT2D eigenvalue weighted by Gasteiger charge is -2.21. The van der Waals surface area contributed by atoms with Crippen LogP contribution in [-0.4, -0.2) is 41.7 Å². The second-order valence-electron chi connectivity index (χ2n) is 5.61. The SMILES string of the molecule is O=C(O)c1ccc(N2CCC(F)(F)C2)c(OCC2CC2)n1. The number of alkyl halides is 2. The molecule has 0 aromatic carbocycles. The first kappa shape index (κ1) is 14.0. The highest BCUT2D eigenvalue weighted by molar-refractivity contribution is 5.86. The molecule has 5 nitrogen and oxygen atoms in total. The van der Waals surface area contributed by atoms with Gasteiger partial charge in [0, 0.05) is 13.0 Å². The van der Waals surface area contributed by atoms with Crippen LogP contribution in [0.2, 0.25) is 0 Å². The lowest BCUT2D eigenvalue weighted by atomic mass is 10.3. The van der Waals surface area contributed by atoms with Gasteiger partial charge >= 0.3 is 5.97 Å².